The Bertz CT molecular complexity index is 345. The minimum Gasteiger partial charge on any atom is -0.508 e. The van der Waals surface area contributed by atoms with Gasteiger partial charge in [-0.3, -0.25) is 4.79 Å². The summed E-state index contributed by atoms with van der Waals surface area (Å²) in [6, 6.07) is 4.10. The molecular weight excluding hydrogens is 276 g/mol. The number of phenolic OH excluding ortho intramolecular Hbond substituents is 2. The molecule has 88 valence electrons. The highest BCUT2D eigenvalue weighted by Gasteiger charge is 2.04. The zero-order valence-electron chi connectivity index (χ0n) is 8.65. The molecule has 4 nitrogen and oxygen atoms in total. The van der Waals surface area contributed by atoms with Gasteiger partial charge in [-0.1, -0.05) is 15.9 Å². The van der Waals surface area contributed by atoms with Crippen LogP contribution in [-0.2, 0) is 16.1 Å². The minimum atomic E-state index is -0.290. The molecule has 0 aliphatic heterocycles. The van der Waals surface area contributed by atoms with Crippen molar-refractivity contribution in [2.75, 3.05) is 5.33 Å². The third-order valence-electron chi connectivity index (χ3n) is 1.88. The molecule has 1 aromatic carbocycles. The number of alkyl halides is 1. The van der Waals surface area contributed by atoms with Crippen LogP contribution in [0.2, 0.25) is 0 Å². The Kier molecular flexibility index (Phi) is 5.11. The van der Waals surface area contributed by atoms with Crippen LogP contribution >= 0.6 is 15.9 Å². The highest BCUT2D eigenvalue weighted by atomic mass is 79.9. The Labute approximate surface area is 102 Å². The number of ether oxygens (including phenoxy) is 1. The Hall–Kier alpha value is -1.23. The molecule has 0 aliphatic carbocycles. The highest BCUT2D eigenvalue weighted by Crippen LogP contribution is 2.20. The number of carbonyl (C=O) groups is 1. The van der Waals surface area contributed by atoms with Gasteiger partial charge in [-0.2, -0.15) is 0 Å². The van der Waals surface area contributed by atoms with E-state index in [0.717, 1.165) is 11.8 Å². The molecule has 1 rings (SSSR count). The van der Waals surface area contributed by atoms with Crippen molar-refractivity contribution in [2.45, 2.75) is 19.4 Å². The number of phenols is 2. The van der Waals surface area contributed by atoms with E-state index in [1.807, 2.05) is 0 Å². The molecule has 0 amide bonds. The van der Waals surface area contributed by atoms with Crippen LogP contribution in [-0.4, -0.2) is 21.5 Å². The zero-order chi connectivity index (χ0) is 12.0. The normalized spacial score (nSPS) is 10.1. The summed E-state index contributed by atoms with van der Waals surface area (Å²) in [7, 11) is 0. The first-order valence-corrected chi connectivity index (χ1v) is 5.97. The summed E-state index contributed by atoms with van der Waals surface area (Å²) in [4.78, 5) is 11.2. The van der Waals surface area contributed by atoms with Gasteiger partial charge < -0.3 is 14.9 Å². The first-order chi connectivity index (χ1) is 7.61. The highest BCUT2D eigenvalue weighted by molar-refractivity contribution is 9.09. The van der Waals surface area contributed by atoms with Crippen molar-refractivity contribution in [1.82, 2.24) is 0 Å². The van der Waals surface area contributed by atoms with Gasteiger partial charge in [0.15, 0.2) is 0 Å². The summed E-state index contributed by atoms with van der Waals surface area (Å²) in [5, 5.41) is 19.1. The van der Waals surface area contributed by atoms with Gasteiger partial charge in [-0.05, 0) is 24.1 Å². The van der Waals surface area contributed by atoms with Crippen molar-refractivity contribution in [3.05, 3.63) is 23.8 Å². The standard InChI is InChI=1S/C11H13BrO4/c12-3-1-2-11(15)16-7-8-4-9(13)6-10(14)5-8/h4-6,13-14H,1-3,7H2. The minimum absolute atomic E-state index is 0.0495. The summed E-state index contributed by atoms with van der Waals surface area (Å²) >= 11 is 3.22. The number of esters is 1. The third-order valence-corrected chi connectivity index (χ3v) is 2.44. The van der Waals surface area contributed by atoms with Crippen molar-refractivity contribution < 1.29 is 19.7 Å². The Balaban J connectivity index is 2.45. The topological polar surface area (TPSA) is 66.8 Å². The van der Waals surface area contributed by atoms with E-state index in [9.17, 15) is 15.0 Å². The van der Waals surface area contributed by atoms with Crippen LogP contribution in [0.15, 0.2) is 18.2 Å². The molecule has 0 spiro atoms. The molecule has 2 N–H and O–H groups in total. The molecule has 0 aliphatic rings. The fraction of sp³-hybridized carbons (Fsp3) is 0.364. The number of carbonyl (C=O) groups excluding carboxylic acids is 1. The van der Waals surface area contributed by atoms with Crippen LogP contribution in [0.25, 0.3) is 0 Å². The first-order valence-electron chi connectivity index (χ1n) is 4.85. The van der Waals surface area contributed by atoms with Crippen molar-refractivity contribution in [3.8, 4) is 11.5 Å². The van der Waals surface area contributed by atoms with Gasteiger partial charge >= 0.3 is 5.97 Å². The quantitative estimate of drug-likeness (QED) is 0.645. The van der Waals surface area contributed by atoms with E-state index in [-0.39, 0.29) is 24.1 Å². The summed E-state index contributed by atoms with van der Waals surface area (Å²) in [5.41, 5.74) is 0.560. The maximum absolute atomic E-state index is 11.2. The van der Waals surface area contributed by atoms with Crippen LogP contribution < -0.4 is 0 Å². The predicted molar refractivity (Wildman–Crippen MR) is 62.6 cm³/mol. The summed E-state index contributed by atoms with van der Waals surface area (Å²) in [6.45, 7) is 0.0586. The molecule has 0 heterocycles. The lowest BCUT2D eigenvalue weighted by molar-refractivity contribution is -0.144. The summed E-state index contributed by atoms with van der Waals surface area (Å²) in [6.07, 6.45) is 1.08. The number of hydrogen-bond acceptors (Lipinski definition) is 4. The van der Waals surface area contributed by atoms with Crippen LogP contribution in [0, 0.1) is 0 Å². The number of halogens is 1. The van der Waals surface area contributed by atoms with Crippen LogP contribution in [0.5, 0.6) is 11.5 Å². The van der Waals surface area contributed by atoms with Crippen molar-refractivity contribution in [1.29, 1.82) is 0 Å². The fourth-order valence-electron chi connectivity index (χ4n) is 1.19. The largest absolute Gasteiger partial charge is 0.508 e. The number of hydrogen-bond donors (Lipinski definition) is 2. The fourth-order valence-corrected chi connectivity index (χ4v) is 1.47. The molecule has 16 heavy (non-hydrogen) atoms. The molecule has 0 radical (unpaired) electrons. The molecule has 1 aromatic rings. The Morgan fingerprint density at radius 1 is 1.25 bits per heavy atom. The third kappa shape index (κ3) is 4.53. The molecule has 0 saturated carbocycles. The number of aromatic hydroxyl groups is 2. The Morgan fingerprint density at radius 2 is 1.88 bits per heavy atom. The smallest absolute Gasteiger partial charge is 0.306 e. The lowest BCUT2D eigenvalue weighted by Gasteiger charge is -2.05. The van der Waals surface area contributed by atoms with Gasteiger partial charge in [-0.25, -0.2) is 0 Å². The molecule has 0 saturated heterocycles. The first kappa shape index (κ1) is 12.8. The van der Waals surface area contributed by atoms with Gasteiger partial charge in [0.05, 0.1) is 0 Å². The predicted octanol–water partition coefficient (Wildman–Crippen LogP) is 2.32. The maximum atomic E-state index is 11.2. The van der Waals surface area contributed by atoms with E-state index in [1.54, 1.807) is 0 Å². The van der Waals surface area contributed by atoms with Gasteiger partial charge in [0, 0.05) is 17.8 Å². The van der Waals surface area contributed by atoms with Crippen LogP contribution in [0.1, 0.15) is 18.4 Å². The van der Waals surface area contributed by atoms with Crippen molar-refractivity contribution in [2.24, 2.45) is 0 Å². The van der Waals surface area contributed by atoms with Crippen molar-refractivity contribution in [3.63, 3.8) is 0 Å². The average molecular weight is 289 g/mol. The van der Waals surface area contributed by atoms with Crippen molar-refractivity contribution >= 4 is 21.9 Å². The molecule has 0 atom stereocenters. The zero-order valence-corrected chi connectivity index (χ0v) is 10.2. The number of benzene rings is 1. The maximum Gasteiger partial charge on any atom is 0.306 e. The number of rotatable bonds is 5. The van der Waals surface area contributed by atoms with E-state index < -0.39 is 0 Å². The second-order valence-electron chi connectivity index (χ2n) is 3.31. The second-order valence-corrected chi connectivity index (χ2v) is 4.10. The van der Waals surface area contributed by atoms with E-state index in [4.69, 9.17) is 4.74 Å². The lowest BCUT2D eigenvalue weighted by Crippen LogP contribution is -2.04. The van der Waals surface area contributed by atoms with E-state index in [2.05, 4.69) is 15.9 Å². The van der Waals surface area contributed by atoms with Gasteiger partial charge in [0.25, 0.3) is 0 Å². The SMILES string of the molecule is O=C(CCCBr)OCc1cc(O)cc(O)c1. The molecule has 0 aromatic heterocycles. The lowest BCUT2D eigenvalue weighted by atomic mass is 10.2. The average Bonchev–Trinajstić information content (AvgIpc) is 2.22. The van der Waals surface area contributed by atoms with Gasteiger partial charge in [0.2, 0.25) is 0 Å². The molecule has 0 bridgehead atoms. The second kappa shape index (κ2) is 6.37. The Morgan fingerprint density at radius 3 is 2.44 bits per heavy atom. The van der Waals surface area contributed by atoms with Crippen LogP contribution in [0.3, 0.4) is 0 Å². The molecule has 5 heteroatoms. The molecular formula is C11H13BrO4. The van der Waals surface area contributed by atoms with Gasteiger partial charge in [0.1, 0.15) is 18.1 Å². The molecule has 0 unspecified atom stereocenters. The molecule has 0 fully saturated rings. The van der Waals surface area contributed by atoms with Crippen LogP contribution in [0.4, 0.5) is 0 Å². The summed E-state index contributed by atoms with van der Waals surface area (Å²) < 4.78 is 4.96. The van der Waals surface area contributed by atoms with Gasteiger partial charge in [-0.15, -0.1) is 0 Å². The van der Waals surface area contributed by atoms with E-state index in [0.29, 0.717) is 12.0 Å². The van der Waals surface area contributed by atoms with E-state index >= 15 is 0 Å². The monoisotopic (exact) mass is 288 g/mol. The van der Waals surface area contributed by atoms with E-state index in [1.165, 1.54) is 18.2 Å². The summed E-state index contributed by atoms with van der Waals surface area (Å²) in [5.74, 6) is -0.389.